The maximum Gasteiger partial charge on any atom is 0.308 e. The van der Waals surface area contributed by atoms with Gasteiger partial charge in [0.2, 0.25) is 0 Å². The Morgan fingerprint density at radius 1 is 0.484 bits per heavy atom. The van der Waals surface area contributed by atoms with Crippen LogP contribution in [0, 0.1) is 53.4 Å². The van der Waals surface area contributed by atoms with Crippen molar-refractivity contribution in [3.05, 3.63) is 0 Å². The Bertz CT molecular complexity index is 489. The second-order valence-corrected chi connectivity index (χ2v) is 8.68. The van der Waals surface area contributed by atoms with Gasteiger partial charge in [-0.1, -0.05) is 38.5 Å². The van der Waals surface area contributed by atoms with Crippen LogP contribution < -0.4 is 17.2 Å². The maximum absolute atomic E-state index is 10.5. The van der Waals surface area contributed by atoms with E-state index < -0.39 is 17.9 Å². The molecule has 0 saturated heterocycles. The molecule has 0 bridgehead atoms. The Hall–Kier alpha value is -0.515. The van der Waals surface area contributed by atoms with Gasteiger partial charge in [0.15, 0.2) is 0 Å². The molecule has 0 aliphatic heterocycles. The maximum atomic E-state index is 10.5. The van der Waals surface area contributed by atoms with Crippen LogP contribution in [0.2, 0.25) is 0 Å². The van der Waals surface area contributed by atoms with Crippen LogP contribution >= 0.6 is 0 Å². The van der Waals surface area contributed by atoms with Crippen molar-refractivity contribution in [1.82, 2.24) is 0 Å². The van der Waals surface area contributed by atoms with E-state index >= 15 is 0 Å². The molecular formula is C21H39LaN3O6. The summed E-state index contributed by atoms with van der Waals surface area (Å²) in [6.07, 6.45) is 11.2. The fourth-order valence-corrected chi connectivity index (χ4v) is 4.40. The van der Waals surface area contributed by atoms with Crippen LogP contribution in [-0.4, -0.2) is 51.4 Å². The molecular weight excluding hydrogens is 529 g/mol. The largest absolute Gasteiger partial charge is 0.481 e. The van der Waals surface area contributed by atoms with Gasteiger partial charge in [-0.15, -0.1) is 0 Å². The van der Waals surface area contributed by atoms with Crippen molar-refractivity contribution < 1.29 is 65.3 Å². The van der Waals surface area contributed by atoms with Crippen LogP contribution in [0.25, 0.3) is 0 Å². The Labute approximate surface area is 212 Å². The first-order chi connectivity index (χ1) is 14.1. The molecule has 3 saturated carbocycles. The van der Waals surface area contributed by atoms with Crippen LogP contribution in [0.3, 0.4) is 0 Å². The molecule has 0 spiro atoms. The third-order valence-corrected chi connectivity index (χ3v) is 6.41. The van der Waals surface area contributed by atoms with Crippen molar-refractivity contribution in [1.29, 1.82) is 0 Å². The van der Waals surface area contributed by atoms with Crippen LogP contribution in [0.1, 0.15) is 77.0 Å². The molecule has 3 rings (SSSR count). The summed E-state index contributed by atoms with van der Waals surface area (Å²) >= 11 is 0. The first kappa shape index (κ1) is 30.5. The first-order valence-electron chi connectivity index (χ1n) is 11.1. The molecule has 9 N–H and O–H groups in total. The van der Waals surface area contributed by atoms with E-state index in [1.807, 2.05) is 0 Å². The van der Waals surface area contributed by atoms with Gasteiger partial charge >= 0.3 is 17.9 Å². The molecule has 0 aromatic carbocycles. The summed E-state index contributed by atoms with van der Waals surface area (Å²) in [5, 5.41) is 25.9. The molecule has 0 aromatic rings. The predicted molar refractivity (Wildman–Crippen MR) is 113 cm³/mol. The fraction of sp³-hybridized carbons (Fsp3) is 0.857. The summed E-state index contributed by atoms with van der Waals surface area (Å²) in [7, 11) is 0. The molecule has 0 aromatic heterocycles. The molecule has 6 atom stereocenters. The molecule has 31 heavy (non-hydrogen) atoms. The van der Waals surface area contributed by atoms with Gasteiger partial charge in [-0.25, -0.2) is 0 Å². The molecule has 6 unspecified atom stereocenters. The van der Waals surface area contributed by atoms with E-state index in [0.717, 1.165) is 77.0 Å². The Kier molecular flexibility index (Phi) is 15.9. The van der Waals surface area contributed by atoms with Gasteiger partial charge < -0.3 is 32.5 Å². The molecule has 0 amide bonds. The van der Waals surface area contributed by atoms with Crippen molar-refractivity contribution in [2.24, 2.45) is 35.0 Å². The Morgan fingerprint density at radius 3 is 0.806 bits per heavy atom. The summed E-state index contributed by atoms with van der Waals surface area (Å²) in [5.41, 5.74) is 16.8. The Morgan fingerprint density at radius 2 is 0.677 bits per heavy atom. The number of nitrogens with two attached hydrogens (primary N) is 3. The summed E-state index contributed by atoms with van der Waals surface area (Å²) in [6, 6.07) is -0.316. The number of rotatable bonds is 3. The van der Waals surface area contributed by atoms with E-state index in [9.17, 15) is 14.4 Å². The fourth-order valence-electron chi connectivity index (χ4n) is 4.40. The van der Waals surface area contributed by atoms with E-state index in [4.69, 9.17) is 32.5 Å². The van der Waals surface area contributed by atoms with E-state index in [1.54, 1.807) is 0 Å². The van der Waals surface area contributed by atoms with Crippen LogP contribution in [0.5, 0.6) is 0 Å². The number of aliphatic carboxylic acids is 3. The summed E-state index contributed by atoms with van der Waals surface area (Å²) in [4.78, 5) is 31.5. The standard InChI is InChI=1S/3C7H13NO2.La/c3*8-6-4-2-1-3-5(6)7(9)10;/h3*5-6H,1-4,8H2,(H,9,10);. The van der Waals surface area contributed by atoms with Crippen LogP contribution in [0.15, 0.2) is 0 Å². The monoisotopic (exact) mass is 568 g/mol. The third kappa shape index (κ3) is 11.3. The Balaban J connectivity index is 0.000000429. The van der Waals surface area contributed by atoms with Crippen molar-refractivity contribution >= 4 is 17.9 Å². The van der Waals surface area contributed by atoms with Gasteiger partial charge in [0.1, 0.15) is 0 Å². The van der Waals surface area contributed by atoms with E-state index in [2.05, 4.69) is 0 Å². The zero-order valence-electron chi connectivity index (χ0n) is 18.3. The van der Waals surface area contributed by atoms with Gasteiger partial charge in [0.05, 0.1) is 17.8 Å². The molecule has 3 fully saturated rings. The number of carbonyl (C=O) groups is 3. The normalized spacial score (nSPS) is 32.6. The molecule has 0 heterocycles. The quantitative estimate of drug-likeness (QED) is 0.295. The summed E-state index contributed by atoms with van der Waals surface area (Å²) in [6.45, 7) is 0. The number of hydrogen-bond donors (Lipinski definition) is 6. The van der Waals surface area contributed by atoms with Gasteiger partial charge in [-0.05, 0) is 38.5 Å². The molecule has 1 radical (unpaired) electrons. The van der Waals surface area contributed by atoms with Gasteiger partial charge in [0.25, 0.3) is 0 Å². The molecule has 10 heteroatoms. The van der Waals surface area contributed by atoms with Crippen LogP contribution in [-0.2, 0) is 14.4 Å². The predicted octanol–water partition coefficient (Wildman–Crippen LogP) is 1.77. The minimum Gasteiger partial charge on any atom is -0.481 e. The first-order valence-corrected chi connectivity index (χ1v) is 11.1. The minimum absolute atomic E-state index is 0. The SMILES string of the molecule is NC1CCCCC1C(=O)O.NC1CCCCC1C(=O)O.NC1CCCCC1C(=O)O.[La]. The number of carboxylic acids is 3. The smallest absolute Gasteiger partial charge is 0.308 e. The zero-order chi connectivity index (χ0) is 22.7. The van der Waals surface area contributed by atoms with E-state index in [-0.39, 0.29) is 71.5 Å². The van der Waals surface area contributed by atoms with Gasteiger partial charge in [0, 0.05) is 53.7 Å². The second-order valence-electron chi connectivity index (χ2n) is 8.68. The van der Waals surface area contributed by atoms with E-state index in [1.165, 1.54) is 0 Å². The zero-order valence-corrected chi connectivity index (χ0v) is 22.0. The van der Waals surface area contributed by atoms with Crippen molar-refractivity contribution in [3.8, 4) is 0 Å². The average Bonchev–Trinajstić information content (AvgIpc) is 2.69. The minimum atomic E-state index is -0.729. The van der Waals surface area contributed by atoms with Gasteiger partial charge in [-0.2, -0.15) is 0 Å². The van der Waals surface area contributed by atoms with E-state index in [0.29, 0.717) is 0 Å². The third-order valence-electron chi connectivity index (χ3n) is 6.41. The van der Waals surface area contributed by atoms with Crippen molar-refractivity contribution in [3.63, 3.8) is 0 Å². The van der Waals surface area contributed by atoms with Crippen molar-refractivity contribution in [2.75, 3.05) is 0 Å². The summed E-state index contributed by atoms with van der Waals surface area (Å²) in [5.74, 6) is -3.04. The number of carboxylic acid groups (broad SMARTS) is 3. The molecule has 177 valence electrons. The average molecular weight is 568 g/mol. The van der Waals surface area contributed by atoms with Crippen molar-refractivity contribution in [2.45, 2.75) is 95.2 Å². The second kappa shape index (κ2) is 16.2. The number of hydrogen-bond acceptors (Lipinski definition) is 6. The molecule has 9 nitrogen and oxygen atoms in total. The molecule has 3 aliphatic rings. The molecule has 3 aliphatic carbocycles. The van der Waals surface area contributed by atoms with Gasteiger partial charge in [-0.3, -0.25) is 14.4 Å². The summed E-state index contributed by atoms with van der Waals surface area (Å²) < 4.78 is 0. The van der Waals surface area contributed by atoms with Crippen LogP contribution in [0.4, 0.5) is 0 Å². The topological polar surface area (TPSA) is 190 Å².